The Labute approximate surface area is 188 Å². The number of rotatable bonds is 8. The molecular formula is C25H31N3O4. The Hall–Kier alpha value is -3.06. The molecular weight excluding hydrogens is 406 g/mol. The smallest absolute Gasteiger partial charge is 0.251 e. The quantitative estimate of drug-likeness (QED) is 0.552. The molecule has 3 atom stereocenters. The third kappa shape index (κ3) is 5.22. The topological polar surface area (TPSA) is 88.7 Å². The van der Waals surface area contributed by atoms with Crippen molar-refractivity contribution >= 4 is 11.8 Å². The van der Waals surface area contributed by atoms with Crippen molar-refractivity contribution in [2.75, 3.05) is 19.9 Å². The van der Waals surface area contributed by atoms with Crippen LogP contribution in [0.2, 0.25) is 0 Å². The third-order valence-corrected chi connectivity index (χ3v) is 6.24. The first-order valence-corrected chi connectivity index (χ1v) is 11.3. The van der Waals surface area contributed by atoms with Gasteiger partial charge in [0.2, 0.25) is 12.7 Å². The Morgan fingerprint density at radius 3 is 2.59 bits per heavy atom. The first-order valence-electron chi connectivity index (χ1n) is 11.3. The van der Waals surface area contributed by atoms with E-state index in [4.69, 9.17) is 9.47 Å². The van der Waals surface area contributed by atoms with Crippen molar-refractivity contribution in [1.29, 1.82) is 0 Å². The van der Waals surface area contributed by atoms with Gasteiger partial charge in [-0.1, -0.05) is 24.3 Å². The molecule has 2 aliphatic rings. The van der Waals surface area contributed by atoms with Gasteiger partial charge in [0, 0.05) is 43.2 Å². The summed E-state index contributed by atoms with van der Waals surface area (Å²) in [5.74, 6) is 1.94. The zero-order valence-electron chi connectivity index (χ0n) is 18.6. The Morgan fingerprint density at radius 2 is 1.81 bits per heavy atom. The molecule has 170 valence electrons. The highest BCUT2D eigenvalue weighted by Gasteiger charge is 2.28. The molecule has 1 saturated carbocycles. The second-order valence-corrected chi connectivity index (χ2v) is 8.54. The molecule has 7 heteroatoms. The van der Waals surface area contributed by atoms with Crippen LogP contribution in [0.3, 0.4) is 0 Å². The minimum atomic E-state index is -0.122. The number of ether oxygens (including phenoxy) is 2. The summed E-state index contributed by atoms with van der Waals surface area (Å²) in [6.07, 6.45) is 3.31. The lowest BCUT2D eigenvalue weighted by atomic mass is 9.96. The molecule has 32 heavy (non-hydrogen) atoms. The molecule has 0 saturated heterocycles. The lowest BCUT2D eigenvalue weighted by molar-refractivity contribution is -0.118. The minimum absolute atomic E-state index is 0.0996. The van der Waals surface area contributed by atoms with Gasteiger partial charge in [0.25, 0.3) is 5.91 Å². The van der Waals surface area contributed by atoms with E-state index >= 15 is 0 Å². The van der Waals surface area contributed by atoms with E-state index < -0.39 is 0 Å². The summed E-state index contributed by atoms with van der Waals surface area (Å²) in [6, 6.07) is 14.6. The zero-order valence-corrected chi connectivity index (χ0v) is 18.6. The SMILES string of the molecule is CC(=O)NCCNC(=O)c1ccc([C@H]2CCC(N[C@H](C)c3cccc4c3OCO4)C2)cc1. The number of benzene rings is 2. The molecule has 0 radical (unpaired) electrons. The average Bonchev–Trinajstić information content (AvgIpc) is 3.46. The molecule has 7 nitrogen and oxygen atoms in total. The monoisotopic (exact) mass is 437 g/mol. The third-order valence-electron chi connectivity index (χ3n) is 6.24. The van der Waals surface area contributed by atoms with Crippen molar-refractivity contribution in [3.8, 4) is 11.5 Å². The highest BCUT2D eigenvalue weighted by Crippen LogP contribution is 2.40. The van der Waals surface area contributed by atoms with Crippen molar-refractivity contribution in [2.45, 2.75) is 51.1 Å². The second kappa shape index (κ2) is 10.0. The van der Waals surface area contributed by atoms with Crippen molar-refractivity contribution in [3.05, 3.63) is 59.2 Å². The number of carbonyl (C=O) groups is 2. The number of hydrogen-bond donors (Lipinski definition) is 3. The zero-order chi connectivity index (χ0) is 22.5. The van der Waals surface area contributed by atoms with Gasteiger partial charge in [-0.15, -0.1) is 0 Å². The van der Waals surface area contributed by atoms with E-state index in [0.717, 1.165) is 36.3 Å². The maximum Gasteiger partial charge on any atom is 0.251 e. The van der Waals surface area contributed by atoms with E-state index in [1.165, 1.54) is 12.5 Å². The maximum absolute atomic E-state index is 12.3. The van der Waals surface area contributed by atoms with Crippen LogP contribution in [0.15, 0.2) is 42.5 Å². The van der Waals surface area contributed by atoms with Crippen molar-refractivity contribution < 1.29 is 19.1 Å². The summed E-state index contributed by atoms with van der Waals surface area (Å²) in [4.78, 5) is 23.1. The van der Waals surface area contributed by atoms with Gasteiger partial charge in [-0.2, -0.15) is 0 Å². The molecule has 3 N–H and O–H groups in total. The van der Waals surface area contributed by atoms with Crippen LogP contribution >= 0.6 is 0 Å². The van der Waals surface area contributed by atoms with Gasteiger partial charge in [-0.25, -0.2) is 0 Å². The number of carbonyl (C=O) groups excluding carboxylic acids is 2. The summed E-state index contributed by atoms with van der Waals surface area (Å²) < 4.78 is 11.2. The van der Waals surface area contributed by atoms with Crippen molar-refractivity contribution in [1.82, 2.24) is 16.0 Å². The number of para-hydroxylation sites is 1. The Balaban J connectivity index is 1.28. The lowest BCUT2D eigenvalue weighted by Gasteiger charge is -2.21. The minimum Gasteiger partial charge on any atom is -0.454 e. The van der Waals surface area contributed by atoms with Gasteiger partial charge in [0.15, 0.2) is 11.5 Å². The van der Waals surface area contributed by atoms with Crippen LogP contribution in [0.25, 0.3) is 0 Å². The molecule has 4 rings (SSSR count). The van der Waals surface area contributed by atoms with Gasteiger partial charge in [0.1, 0.15) is 0 Å². The molecule has 0 bridgehead atoms. The van der Waals surface area contributed by atoms with E-state index in [9.17, 15) is 9.59 Å². The summed E-state index contributed by atoms with van der Waals surface area (Å²) in [5, 5.41) is 9.25. The molecule has 2 amide bonds. The van der Waals surface area contributed by atoms with Crippen LogP contribution in [0.4, 0.5) is 0 Å². The van der Waals surface area contributed by atoms with Crippen LogP contribution in [0.5, 0.6) is 11.5 Å². The van der Waals surface area contributed by atoms with E-state index in [0.29, 0.717) is 30.6 Å². The van der Waals surface area contributed by atoms with Crippen LogP contribution in [0, 0.1) is 0 Å². The standard InChI is InChI=1S/C25H31N3O4/c1-16(22-4-3-5-23-24(22)32-15-31-23)28-21-11-10-20(14-21)18-6-8-19(9-7-18)25(30)27-13-12-26-17(2)29/h3-9,16,20-21,28H,10-15H2,1-2H3,(H,26,29)(H,27,30)/t16-,20+,21?/m1/s1. The molecule has 1 fully saturated rings. The van der Waals surface area contributed by atoms with Gasteiger partial charge >= 0.3 is 0 Å². The second-order valence-electron chi connectivity index (χ2n) is 8.54. The molecule has 0 spiro atoms. The number of hydrogen-bond acceptors (Lipinski definition) is 5. The predicted molar refractivity (Wildman–Crippen MR) is 122 cm³/mol. The molecule has 0 aromatic heterocycles. The number of fused-ring (bicyclic) bond motifs is 1. The van der Waals surface area contributed by atoms with E-state index in [1.54, 1.807) is 0 Å². The Kier molecular flexibility index (Phi) is 6.95. The fraction of sp³-hybridized carbons (Fsp3) is 0.440. The van der Waals surface area contributed by atoms with Gasteiger partial charge in [-0.3, -0.25) is 9.59 Å². The first-order chi connectivity index (χ1) is 15.5. The molecule has 1 heterocycles. The molecule has 2 aromatic rings. The van der Waals surface area contributed by atoms with Gasteiger partial charge < -0.3 is 25.4 Å². The highest BCUT2D eigenvalue weighted by molar-refractivity contribution is 5.94. The van der Waals surface area contributed by atoms with Crippen LogP contribution in [0.1, 0.15) is 66.6 Å². The molecule has 2 aromatic carbocycles. The fourth-order valence-electron chi connectivity index (χ4n) is 4.60. The maximum atomic E-state index is 12.3. The van der Waals surface area contributed by atoms with Gasteiger partial charge in [0.05, 0.1) is 0 Å². The summed E-state index contributed by atoms with van der Waals surface area (Å²) in [6.45, 7) is 4.76. The predicted octanol–water partition coefficient (Wildman–Crippen LogP) is 3.27. The fourth-order valence-corrected chi connectivity index (χ4v) is 4.60. The van der Waals surface area contributed by atoms with Crippen LogP contribution < -0.4 is 25.4 Å². The average molecular weight is 438 g/mol. The largest absolute Gasteiger partial charge is 0.454 e. The summed E-state index contributed by atoms with van der Waals surface area (Å²) >= 11 is 0. The summed E-state index contributed by atoms with van der Waals surface area (Å²) in [7, 11) is 0. The van der Waals surface area contributed by atoms with Crippen LogP contribution in [-0.4, -0.2) is 37.7 Å². The summed E-state index contributed by atoms with van der Waals surface area (Å²) in [5.41, 5.74) is 3.05. The Bertz CT molecular complexity index is 960. The molecule has 1 aliphatic heterocycles. The van der Waals surface area contributed by atoms with E-state index in [-0.39, 0.29) is 24.6 Å². The highest BCUT2D eigenvalue weighted by atomic mass is 16.7. The van der Waals surface area contributed by atoms with Gasteiger partial charge in [-0.05, 0) is 55.9 Å². The van der Waals surface area contributed by atoms with Crippen molar-refractivity contribution in [2.24, 2.45) is 0 Å². The molecule has 1 unspecified atom stereocenters. The van der Waals surface area contributed by atoms with Crippen LogP contribution in [-0.2, 0) is 4.79 Å². The normalized spacial score (nSPS) is 20.1. The van der Waals surface area contributed by atoms with E-state index in [2.05, 4.69) is 41.1 Å². The number of amides is 2. The lowest BCUT2D eigenvalue weighted by Crippen LogP contribution is -2.33. The number of nitrogens with one attached hydrogen (secondary N) is 3. The molecule has 1 aliphatic carbocycles. The Morgan fingerprint density at radius 1 is 1.03 bits per heavy atom. The van der Waals surface area contributed by atoms with E-state index in [1.807, 2.05) is 24.3 Å². The first kappa shape index (κ1) is 22.1. The van der Waals surface area contributed by atoms with Crippen molar-refractivity contribution in [3.63, 3.8) is 0 Å².